The molecule has 1 amide bonds. The first kappa shape index (κ1) is 14.8. The summed E-state index contributed by atoms with van der Waals surface area (Å²) in [6.45, 7) is 4.57. The standard InChI is InChI=1S/C14H26N2O3/c1-11-10-19-13(8-15)9-16(11)14(17)6-5-12-4-2-3-7-18-12/h11-13H,2-10,15H2,1H3. The molecule has 5 nitrogen and oxygen atoms in total. The Morgan fingerprint density at radius 1 is 1.32 bits per heavy atom. The minimum atomic E-state index is -0.00826. The molecule has 2 aliphatic rings. The number of amides is 1. The molecule has 3 atom stereocenters. The van der Waals surface area contributed by atoms with Gasteiger partial charge in [-0.3, -0.25) is 4.79 Å². The highest BCUT2D eigenvalue weighted by atomic mass is 16.5. The number of nitrogens with zero attached hydrogens (tertiary/aromatic N) is 1. The van der Waals surface area contributed by atoms with Gasteiger partial charge in [-0.15, -0.1) is 0 Å². The van der Waals surface area contributed by atoms with Crippen molar-refractivity contribution in [2.45, 2.75) is 57.3 Å². The van der Waals surface area contributed by atoms with E-state index in [1.807, 2.05) is 11.8 Å². The maximum Gasteiger partial charge on any atom is 0.223 e. The van der Waals surface area contributed by atoms with Crippen molar-refractivity contribution in [3.8, 4) is 0 Å². The number of carbonyl (C=O) groups excluding carboxylic acids is 1. The Hall–Kier alpha value is -0.650. The molecule has 110 valence electrons. The molecule has 0 saturated carbocycles. The van der Waals surface area contributed by atoms with Gasteiger partial charge in [0.05, 0.1) is 24.9 Å². The number of rotatable bonds is 4. The van der Waals surface area contributed by atoms with E-state index in [4.69, 9.17) is 15.2 Å². The molecular weight excluding hydrogens is 244 g/mol. The smallest absolute Gasteiger partial charge is 0.223 e. The zero-order chi connectivity index (χ0) is 13.7. The fourth-order valence-corrected chi connectivity index (χ4v) is 2.77. The molecule has 3 unspecified atom stereocenters. The Morgan fingerprint density at radius 3 is 2.84 bits per heavy atom. The summed E-state index contributed by atoms with van der Waals surface area (Å²) in [5.41, 5.74) is 5.62. The molecule has 0 aromatic heterocycles. The van der Waals surface area contributed by atoms with Gasteiger partial charge in [0.2, 0.25) is 5.91 Å². The van der Waals surface area contributed by atoms with Crippen molar-refractivity contribution in [3.63, 3.8) is 0 Å². The van der Waals surface area contributed by atoms with Crippen molar-refractivity contribution in [2.75, 3.05) is 26.3 Å². The Labute approximate surface area is 115 Å². The molecule has 0 radical (unpaired) electrons. The summed E-state index contributed by atoms with van der Waals surface area (Å²) in [5.74, 6) is 0.212. The van der Waals surface area contributed by atoms with Crippen molar-refractivity contribution in [1.29, 1.82) is 0 Å². The number of carbonyl (C=O) groups is 1. The second-order valence-corrected chi connectivity index (χ2v) is 5.61. The fraction of sp³-hybridized carbons (Fsp3) is 0.929. The summed E-state index contributed by atoms with van der Waals surface area (Å²) in [5, 5.41) is 0. The van der Waals surface area contributed by atoms with Gasteiger partial charge in [0.25, 0.3) is 0 Å². The summed E-state index contributed by atoms with van der Waals surface area (Å²) in [6.07, 6.45) is 5.16. The van der Waals surface area contributed by atoms with Crippen LogP contribution in [0.2, 0.25) is 0 Å². The molecule has 0 spiro atoms. The number of hydrogen-bond donors (Lipinski definition) is 1. The highest BCUT2D eigenvalue weighted by Crippen LogP contribution is 2.19. The zero-order valence-corrected chi connectivity index (χ0v) is 11.8. The third kappa shape index (κ3) is 4.16. The van der Waals surface area contributed by atoms with Crippen LogP contribution >= 0.6 is 0 Å². The molecule has 2 rings (SSSR count). The van der Waals surface area contributed by atoms with Gasteiger partial charge in [0.1, 0.15) is 0 Å². The molecule has 5 heteroatoms. The minimum Gasteiger partial charge on any atom is -0.378 e. The fourth-order valence-electron chi connectivity index (χ4n) is 2.77. The maximum absolute atomic E-state index is 12.3. The summed E-state index contributed by atoms with van der Waals surface area (Å²) < 4.78 is 11.2. The maximum atomic E-state index is 12.3. The summed E-state index contributed by atoms with van der Waals surface area (Å²) >= 11 is 0. The largest absolute Gasteiger partial charge is 0.378 e. The second-order valence-electron chi connectivity index (χ2n) is 5.61. The predicted molar refractivity (Wildman–Crippen MR) is 72.8 cm³/mol. The average molecular weight is 270 g/mol. The second kappa shape index (κ2) is 7.22. The molecule has 0 aliphatic carbocycles. The van der Waals surface area contributed by atoms with Crippen LogP contribution in [0.1, 0.15) is 39.0 Å². The van der Waals surface area contributed by atoms with Crippen LogP contribution in [0.5, 0.6) is 0 Å². The van der Waals surface area contributed by atoms with Crippen LogP contribution in [0.25, 0.3) is 0 Å². The van der Waals surface area contributed by atoms with Crippen LogP contribution in [0, 0.1) is 0 Å². The topological polar surface area (TPSA) is 64.8 Å². The molecule has 2 heterocycles. The minimum absolute atomic E-state index is 0.00826. The normalized spacial score (nSPS) is 32.3. The first-order chi connectivity index (χ1) is 9.20. The van der Waals surface area contributed by atoms with Crippen molar-refractivity contribution in [1.82, 2.24) is 4.90 Å². The lowest BCUT2D eigenvalue weighted by Crippen LogP contribution is -2.53. The van der Waals surface area contributed by atoms with E-state index in [0.29, 0.717) is 26.1 Å². The molecule has 2 saturated heterocycles. The van der Waals surface area contributed by atoms with Crippen LogP contribution in [-0.4, -0.2) is 55.4 Å². The van der Waals surface area contributed by atoms with Crippen LogP contribution < -0.4 is 5.73 Å². The quantitative estimate of drug-likeness (QED) is 0.824. The van der Waals surface area contributed by atoms with Crippen LogP contribution in [0.3, 0.4) is 0 Å². The van der Waals surface area contributed by atoms with E-state index in [9.17, 15) is 4.79 Å². The van der Waals surface area contributed by atoms with E-state index in [1.54, 1.807) is 0 Å². The van der Waals surface area contributed by atoms with Crippen LogP contribution in [-0.2, 0) is 14.3 Å². The monoisotopic (exact) mass is 270 g/mol. The number of hydrogen-bond acceptors (Lipinski definition) is 4. The third-order valence-electron chi connectivity index (χ3n) is 4.04. The van der Waals surface area contributed by atoms with Gasteiger partial charge in [-0.1, -0.05) is 0 Å². The van der Waals surface area contributed by atoms with Gasteiger partial charge in [-0.05, 0) is 32.6 Å². The van der Waals surface area contributed by atoms with Gasteiger partial charge in [0.15, 0.2) is 0 Å². The lowest BCUT2D eigenvalue weighted by atomic mass is 10.0. The molecule has 2 N–H and O–H groups in total. The van der Waals surface area contributed by atoms with E-state index < -0.39 is 0 Å². The Morgan fingerprint density at radius 2 is 2.16 bits per heavy atom. The van der Waals surface area contributed by atoms with Gasteiger partial charge < -0.3 is 20.1 Å². The number of morpholine rings is 1. The highest BCUT2D eigenvalue weighted by molar-refractivity contribution is 5.76. The lowest BCUT2D eigenvalue weighted by molar-refractivity contribution is -0.144. The Balaban J connectivity index is 1.77. The van der Waals surface area contributed by atoms with Gasteiger partial charge in [-0.2, -0.15) is 0 Å². The summed E-state index contributed by atoms with van der Waals surface area (Å²) in [6, 6.07) is 0.155. The summed E-state index contributed by atoms with van der Waals surface area (Å²) in [7, 11) is 0. The van der Waals surface area contributed by atoms with Crippen molar-refractivity contribution >= 4 is 5.91 Å². The lowest BCUT2D eigenvalue weighted by Gasteiger charge is -2.38. The molecule has 0 aromatic rings. The van der Waals surface area contributed by atoms with Gasteiger partial charge >= 0.3 is 0 Å². The average Bonchev–Trinajstić information content (AvgIpc) is 2.46. The summed E-state index contributed by atoms with van der Waals surface area (Å²) in [4.78, 5) is 14.2. The van der Waals surface area contributed by atoms with E-state index in [-0.39, 0.29) is 24.2 Å². The van der Waals surface area contributed by atoms with Crippen molar-refractivity contribution in [2.24, 2.45) is 5.73 Å². The van der Waals surface area contributed by atoms with E-state index in [1.165, 1.54) is 6.42 Å². The molecular formula is C14H26N2O3. The van der Waals surface area contributed by atoms with Crippen molar-refractivity contribution < 1.29 is 14.3 Å². The zero-order valence-electron chi connectivity index (χ0n) is 11.8. The Bertz CT molecular complexity index is 292. The van der Waals surface area contributed by atoms with E-state index >= 15 is 0 Å². The molecule has 2 fully saturated rings. The molecule has 2 aliphatic heterocycles. The number of ether oxygens (including phenoxy) is 2. The van der Waals surface area contributed by atoms with Gasteiger partial charge in [-0.25, -0.2) is 0 Å². The van der Waals surface area contributed by atoms with Crippen molar-refractivity contribution in [3.05, 3.63) is 0 Å². The molecule has 19 heavy (non-hydrogen) atoms. The van der Waals surface area contributed by atoms with E-state index in [0.717, 1.165) is 25.9 Å². The molecule has 0 bridgehead atoms. The predicted octanol–water partition coefficient (Wildman–Crippen LogP) is 0.910. The number of nitrogens with two attached hydrogens (primary N) is 1. The first-order valence-electron chi connectivity index (χ1n) is 7.43. The van der Waals surface area contributed by atoms with Crippen LogP contribution in [0.4, 0.5) is 0 Å². The van der Waals surface area contributed by atoms with Crippen LogP contribution in [0.15, 0.2) is 0 Å². The van der Waals surface area contributed by atoms with E-state index in [2.05, 4.69) is 0 Å². The SMILES string of the molecule is CC1COC(CN)CN1C(=O)CCC1CCCCO1. The molecule has 0 aromatic carbocycles. The van der Waals surface area contributed by atoms with Gasteiger partial charge in [0, 0.05) is 26.1 Å². The Kier molecular flexibility index (Phi) is 5.60. The first-order valence-corrected chi connectivity index (χ1v) is 7.43. The highest BCUT2D eigenvalue weighted by Gasteiger charge is 2.29. The third-order valence-corrected chi connectivity index (χ3v) is 4.04.